The summed E-state index contributed by atoms with van der Waals surface area (Å²) < 4.78 is 0. The predicted octanol–water partition coefficient (Wildman–Crippen LogP) is 4.59. The monoisotopic (exact) mass is 222 g/mol. The van der Waals surface area contributed by atoms with Crippen molar-refractivity contribution < 1.29 is 0 Å². The van der Waals surface area contributed by atoms with Gasteiger partial charge in [0, 0.05) is 0 Å². The quantitative estimate of drug-likeness (QED) is 0.612. The predicted molar refractivity (Wildman–Crippen MR) is 76.8 cm³/mol. The molecular weight excluding hydrogens is 191 g/mol. The van der Waals surface area contributed by atoms with Crippen LogP contribution in [0.1, 0.15) is 79.1 Å². The molecule has 0 heterocycles. The molecule has 0 aromatic rings. The van der Waals surface area contributed by atoms with Crippen LogP contribution in [-0.4, -0.2) is 7.85 Å². The molecule has 1 heteroatoms. The van der Waals surface area contributed by atoms with Crippen molar-refractivity contribution in [1.82, 2.24) is 0 Å². The second-order valence-corrected chi connectivity index (χ2v) is 7.04. The van der Waals surface area contributed by atoms with Gasteiger partial charge < -0.3 is 0 Å². The molecule has 0 amide bonds. The molecule has 0 aromatic heterocycles. The Morgan fingerprint density at radius 3 is 1.75 bits per heavy atom. The Labute approximate surface area is 104 Å². The molecule has 0 bridgehead atoms. The molecule has 1 saturated carbocycles. The van der Waals surface area contributed by atoms with E-state index < -0.39 is 0 Å². The van der Waals surface area contributed by atoms with E-state index in [0.717, 1.165) is 5.92 Å². The summed E-state index contributed by atoms with van der Waals surface area (Å²) in [7, 11) is 2.56. The smallest absolute Gasteiger partial charge is 0.0651 e. The van der Waals surface area contributed by atoms with Gasteiger partial charge in [0.1, 0.15) is 7.85 Å². The molecule has 0 aliphatic heterocycles. The molecule has 0 N–H and O–H groups in total. The van der Waals surface area contributed by atoms with Crippen molar-refractivity contribution in [3.05, 3.63) is 0 Å². The molecule has 0 atom stereocenters. The maximum atomic E-state index is 2.56. The average Bonchev–Trinajstić information content (AvgIpc) is 2.16. The van der Waals surface area contributed by atoms with E-state index in [0.29, 0.717) is 10.7 Å². The first-order valence-electron chi connectivity index (χ1n) is 7.43. The van der Waals surface area contributed by atoms with Crippen LogP contribution in [0.15, 0.2) is 0 Å². The molecule has 0 nitrogen and oxygen atoms in total. The van der Waals surface area contributed by atoms with Crippen LogP contribution in [0.3, 0.4) is 0 Å². The molecule has 16 heavy (non-hydrogen) atoms. The van der Waals surface area contributed by atoms with Crippen LogP contribution < -0.4 is 0 Å². The van der Waals surface area contributed by atoms with Gasteiger partial charge in [-0.05, 0) is 24.2 Å². The van der Waals surface area contributed by atoms with Crippen LogP contribution in [0.5, 0.6) is 0 Å². The normalized spacial score (nSPS) is 25.1. The van der Waals surface area contributed by atoms with Crippen molar-refractivity contribution in [3.8, 4) is 0 Å². The van der Waals surface area contributed by atoms with E-state index in [1.54, 1.807) is 0 Å². The van der Waals surface area contributed by atoms with Crippen LogP contribution in [0.25, 0.3) is 0 Å². The largest absolute Gasteiger partial charge is 0.109 e. The Balaban J connectivity index is 2.62. The summed E-state index contributed by atoms with van der Waals surface area (Å²) in [6.45, 7) is 9.66. The van der Waals surface area contributed by atoms with E-state index in [1.807, 2.05) is 0 Å². The minimum Gasteiger partial charge on any atom is -0.0651 e. The molecule has 1 fully saturated rings. The van der Waals surface area contributed by atoms with Gasteiger partial charge in [0.2, 0.25) is 0 Å². The highest BCUT2D eigenvalue weighted by atomic mass is 14.4. The summed E-state index contributed by atoms with van der Waals surface area (Å²) >= 11 is 0. The molecule has 1 rings (SSSR count). The van der Waals surface area contributed by atoms with Gasteiger partial charge in [0.25, 0.3) is 0 Å². The molecule has 94 valence electrons. The third-order valence-corrected chi connectivity index (χ3v) is 5.17. The highest BCUT2D eigenvalue weighted by molar-refractivity contribution is 6.15. The fourth-order valence-electron chi connectivity index (χ4n) is 3.87. The van der Waals surface area contributed by atoms with Crippen molar-refractivity contribution >= 4 is 7.85 Å². The lowest BCUT2D eigenvalue weighted by Crippen LogP contribution is -2.27. The van der Waals surface area contributed by atoms with Crippen molar-refractivity contribution in [3.63, 3.8) is 0 Å². The summed E-state index contributed by atoms with van der Waals surface area (Å²) in [6.07, 6.45) is 11.4. The molecule has 0 radical (unpaired) electrons. The fraction of sp³-hybridized carbons (Fsp3) is 1.00. The van der Waals surface area contributed by atoms with Crippen LogP contribution in [0.4, 0.5) is 0 Å². The van der Waals surface area contributed by atoms with Crippen molar-refractivity contribution in [2.75, 3.05) is 0 Å². The van der Waals surface area contributed by atoms with Gasteiger partial charge in [0.15, 0.2) is 0 Å². The Hall–Kier alpha value is 0.0649. The third-order valence-electron chi connectivity index (χ3n) is 5.17. The molecule has 1 aliphatic rings. The minimum atomic E-state index is 0.606. The summed E-state index contributed by atoms with van der Waals surface area (Å²) in [5.41, 5.74) is 0.606. The van der Waals surface area contributed by atoms with Gasteiger partial charge in [-0.3, -0.25) is 0 Å². The summed E-state index contributed by atoms with van der Waals surface area (Å²) in [4.78, 5) is 0. The van der Waals surface area contributed by atoms with Gasteiger partial charge in [0.05, 0.1) is 0 Å². The Morgan fingerprint density at radius 2 is 1.38 bits per heavy atom. The number of rotatable bonds is 3. The molecule has 1 aliphatic carbocycles. The fourth-order valence-corrected chi connectivity index (χ4v) is 3.87. The maximum absolute atomic E-state index is 2.56. The molecule has 0 spiro atoms. The lowest BCUT2D eigenvalue weighted by molar-refractivity contribution is 0.205. The molecule has 0 unspecified atom stereocenters. The molecular formula is C15H31B. The van der Waals surface area contributed by atoms with E-state index in [4.69, 9.17) is 0 Å². The Kier molecular flexibility index (Phi) is 4.95. The van der Waals surface area contributed by atoms with E-state index in [-0.39, 0.29) is 0 Å². The van der Waals surface area contributed by atoms with Crippen LogP contribution in [0, 0.1) is 11.3 Å². The lowest BCUT2D eigenvalue weighted by atomic mass is 9.53. The van der Waals surface area contributed by atoms with Gasteiger partial charge in [-0.2, -0.15) is 0 Å². The zero-order valence-electron chi connectivity index (χ0n) is 12.2. The Morgan fingerprint density at radius 1 is 0.938 bits per heavy atom. The van der Waals surface area contributed by atoms with E-state index >= 15 is 0 Å². The highest BCUT2D eigenvalue weighted by Gasteiger charge is 2.33. The van der Waals surface area contributed by atoms with Crippen molar-refractivity contribution in [1.29, 1.82) is 0 Å². The second kappa shape index (κ2) is 5.60. The SMILES string of the molecule is BC1(C(CC)CC)CCCC(C)(C)CCC1. The average molecular weight is 222 g/mol. The zero-order chi connectivity index (χ0) is 12.2. The van der Waals surface area contributed by atoms with E-state index in [1.165, 1.54) is 51.4 Å². The van der Waals surface area contributed by atoms with E-state index in [2.05, 4.69) is 35.5 Å². The van der Waals surface area contributed by atoms with Gasteiger partial charge in [-0.15, -0.1) is 0 Å². The van der Waals surface area contributed by atoms with Crippen LogP contribution >= 0.6 is 0 Å². The Bertz CT molecular complexity index is 191. The maximum Gasteiger partial charge on any atom is 0.109 e. The number of hydrogen-bond acceptors (Lipinski definition) is 0. The van der Waals surface area contributed by atoms with Gasteiger partial charge in [-0.25, -0.2) is 0 Å². The molecule has 0 saturated heterocycles. The summed E-state index contributed by atoms with van der Waals surface area (Å²) in [5, 5.41) is 0.639. The topological polar surface area (TPSA) is 0 Å². The standard InChI is InChI=1S/C15H31B/c1-5-13(6-2)15(16)11-7-9-14(3,4)10-8-12-15/h13H,5-12,16H2,1-4H3. The lowest BCUT2D eigenvalue weighted by Gasteiger charge is -2.41. The highest BCUT2D eigenvalue weighted by Crippen LogP contribution is 2.49. The second-order valence-electron chi connectivity index (χ2n) is 7.04. The van der Waals surface area contributed by atoms with Crippen molar-refractivity contribution in [2.24, 2.45) is 11.3 Å². The van der Waals surface area contributed by atoms with E-state index in [9.17, 15) is 0 Å². The number of hydrogen-bond donors (Lipinski definition) is 0. The summed E-state index contributed by atoms with van der Waals surface area (Å²) in [6, 6.07) is 0. The van der Waals surface area contributed by atoms with Crippen LogP contribution in [-0.2, 0) is 0 Å². The first-order valence-corrected chi connectivity index (χ1v) is 7.43. The zero-order valence-corrected chi connectivity index (χ0v) is 12.2. The van der Waals surface area contributed by atoms with Gasteiger partial charge >= 0.3 is 0 Å². The summed E-state index contributed by atoms with van der Waals surface area (Å²) in [5.74, 6) is 0.953. The third kappa shape index (κ3) is 3.53. The van der Waals surface area contributed by atoms with Gasteiger partial charge in [-0.1, -0.05) is 71.5 Å². The first kappa shape index (κ1) is 14.1. The van der Waals surface area contributed by atoms with Crippen LogP contribution in [0.2, 0.25) is 5.31 Å². The minimum absolute atomic E-state index is 0.606. The first-order chi connectivity index (χ1) is 7.43. The van der Waals surface area contributed by atoms with Crippen molar-refractivity contribution in [2.45, 2.75) is 84.4 Å². The molecule has 0 aromatic carbocycles.